The molecule has 0 spiro atoms. The maximum Gasteiger partial charge on any atom is 0.373 e. The number of aliphatic hydroxyl groups excluding tert-OH is 1. The fourth-order valence-electron chi connectivity index (χ4n) is 2.68. The van der Waals surface area contributed by atoms with Crippen molar-refractivity contribution in [2.24, 2.45) is 11.8 Å². The van der Waals surface area contributed by atoms with Gasteiger partial charge in [-0.3, -0.25) is 4.79 Å². The molecule has 3 aliphatic rings. The lowest BCUT2D eigenvalue weighted by Gasteiger charge is -2.36. The minimum Gasteiger partial charge on any atom is -0.502 e. The second-order valence-corrected chi connectivity index (χ2v) is 4.40. The molecule has 3 fully saturated rings. The van der Waals surface area contributed by atoms with E-state index in [0.29, 0.717) is 5.57 Å². The molecule has 0 aromatic carbocycles. The number of aliphatic hydroxyl groups is 1. The second kappa shape index (κ2) is 4.28. The Morgan fingerprint density at radius 1 is 1.31 bits per heavy atom. The van der Waals surface area contributed by atoms with Crippen molar-refractivity contribution in [1.82, 2.24) is 0 Å². The predicted molar refractivity (Wildman–Crippen MR) is 56.7 cm³/mol. The maximum atomic E-state index is 11.9. The summed E-state index contributed by atoms with van der Waals surface area (Å²) < 4.78 is 4.71. The SMILES string of the molecule is CCOC(=O)/C(O)=C1/C(=O)C2CCC1CC2. The first-order valence-corrected chi connectivity index (χ1v) is 5.79. The minimum atomic E-state index is -0.765. The van der Waals surface area contributed by atoms with Gasteiger partial charge in [-0.05, 0) is 38.5 Å². The molecule has 3 saturated carbocycles. The number of rotatable bonds is 2. The Hall–Kier alpha value is -1.32. The van der Waals surface area contributed by atoms with Crippen LogP contribution in [-0.2, 0) is 14.3 Å². The third kappa shape index (κ3) is 1.72. The van der Waals surface area contributed by atoms with E-state index in [-0.39, 0.29) is 24.2 Å². The Morgan fingerprint density at radius 2 is 1.88 bits per heavy atom. The van der Waals surface area contributed by atoms with Gasteiger partial charge in [-0.15, -0.1) is 0 Å². The van der Waals surface area contributed by atoms with E-state index in [9.17, 15) is 14.7 Å². The summed E-state index contributed by atoms with van der Waals surface area (Å²) >= 11 is 0. The van der Waals surface area contributed by atoms with Crippen molar-refractivity contribution in [3.05, 3.63) is 11.3 Å². The number of Topliss-reactive ketones (excluding diaryl/α,β-unsaturated/α-hetero) is 1. The lowest BCUT2D eigenvalue weighted by atomic mass is 9.66. The van der Waals surface area contributed by atoms with Gasteiger partial charge in [0, 0.05) is 11.5 Å². The number of ether oxygens (including phenoxy) is 1. The van der Waals surface area contributed by atoms with Crippen LogP contribution in [0.3, 0.4) is 0 Å². The smallest absolute Gasteiger partial charge is 0.373 e. The van der Waals surface area contributed by atoms with Crippen molar-refractivity contribution in [3.63, 3.8) is 0 Å². The van der Waals surface area contributed by atoms with Crippen LogP contribution in [0.1, 0.15) is 32.6 Å². The maximum absolute atomic E-state index is 11.9. The highest BCUT2D eigenvalue weighted by molar-refractivity contribution is 6.05. The molecule has 0 radical (unpaired) electrons. The highest BCUT2D eigenvalue weighted by Gasteiger charge is 2.41. The molecule has 0 heterocycles. The fraction of sp³-hybridized carbons (Fsp3) is 0.667. The van der Waals surface area contributed by atoms with Crippen LogP contribution in [0.25, 0.3) is 0 Å². The zero-order valence-corrected chi connectivity index (χ0v) is 9.36. The Labute approximate surface area is 94.3 Å². The van der Waals surface area contributed by atoms with Crippen molar-refractivity contribution < 1.29 is 19.4 Å². The van der Waals surface area contributed by atoms with Gasteiger partial charge >= 0.3 is 5.97 Å². The quantitative estimate of drug-likeness (QED) is 0.441. The van der Waals surface area contributed by atoms with Gasteiger partial charge in [0.15, 0.2) is 5.78 Å². The highest BCUT2D eigenvalue weighted by Crippen LogP contribution is 2.43. The van der Waals surface area contributed by atoms with Crippen molar-refractivity contribution in [2.75, 3.05) is 6.61 Å². The van der Waals surface area contributed by atoms with Gasteiger partial charge < -0.3 is 9.84 Å². The highest BCUT2D eigenvalue weighted by atomic mass is 16.5. The van der Waals surface area contributed by atoms with Gasteiger partial charge in [-0.25, -0.2) is 4.79 Å². The number of fused-ring (bicyclic) bond motifs is 3. The molecular formula is C12H16O4. The third-order valence-electron chi connectivity index (χ3n) is 3.50. The zero-order valence-electron chi connectivity index (χ0n) is 9.36. The topological polar surface area (TPSA) is 63.6 Å². The van der Waals surface area contributed by atoms with E-state index < -0.39 is 11.7 Å². The van der Waals surface area contributed by atoms with Crippen LogP contribution < -0.4 is 0 Å². The second-order valence-electron chi connectivity index (χ2n) is 4.40. The Balaban J connectivity index is 2.28. The molecule has 3 aliphatic carbocycles. The fourth-order valence-corrected chi connectivity index (χ4v) is 2.68. The summed E-state index contributed by atoms with van der Waals surface area (Å²) in [6.07, 6.45) is 3.58. The molecule has 0 aromatic rings. The van der Waals surface area contributed by atoms with Crippen LogP contribution in [0, 0.1) is 11.8 Å². The summed E-state index contributed by atoms with van der Waals surface area (Å²) in [6.45, 7) is 1.88. The summed E-state index contributed by atoms with van der Waals surface area (Å²) in [5.41, 5.74) is 0.320. The first kappa shape index (κ1) is 11.2. The number of ketones is 1. The van der Waals surface area contributed by atoms with Gasteiger partial charge in [-0.2, -0.15) is 0 Å². The average molecular weight is 224 g/mol. The molecule has 0 saturated heterocycles. The van der Waals surface area contributed by atoms with Gasteiger partial charge in [0.25, 0.3) is 0 Å². The molecule has 2 bridgehead atoms. The molecule has 0 atom stereocenters. The van der Waals surface area contributed by atoms with Crippen LogP contribution in [0.4, 0.5) is 0 Å². The van der Waals surface area contributed by atoms with Gasteiger partial charge in [-0.1, -0.05) is 0 Å². The van der Waals surface area contributed by atoms with Crippen LogP contribution in [0.5, 0.6) is 0 Å². The molecule has 4 heteroatoms. The average Bonchev–Trinajstić information content (AvgIpc) is 2.30. The van der Waals surface area contributed by atoms with E-state index in [4.69, 9.17) is 4.74 Å². The van der Waals surface area contributed by atoms with Crippen LogP contribution in [-0.4, -0.2) is 23.5 Å². The minimum absolute atomic E-state index is 0.0107. The standard InChI is InChI=1S/C12H16O4/c1-2-16-12(15)11(14)9-7-3-5-8(6-4-7)10(9)13/h7-8,14H,2-6H2,1H3/b11-9-. The molecular weight excluding hydrogens is 208 g/mol. The van der Waals surface area contributed by atoms with Gasteiger partial charge in [0.05, 0.1) is 6.61 Å². The molecule has 4 nitrogen and oxygen atoms in total. The van der Waals surface area contributed by atoms with Gasteiger partial charge in [0.2, 0.25) is 5.76 Å². The van der Waals surface area contributed by atoms with Crippen molar-refractivity contribution in [3.8, 4) is 0 Å². The lowest BCUT2D eigenvalue weighted by molar-refractivity contribution is -0.142. The van der Waals surface area contributed by atoms with Gasteiger partial charge in [0.1, 0.15) is 0 Å². The molecule has 88 valence electrons. The first-order chi connectivity index (χ1) is 7.65. The largest absolute Gasteiger partial charge is 0.502 e. The summed E-state index contributed by atoms with van der Waals surface area (Å²) in [6, 6.07) is 0. The van der Waals surface area contributed by atoms with Crippen molar-refractivity contribution >= 4 is 11.8 Å². The van der Waals surface area contributed by atoms with Crippen molar-refractivity contribution in [2.45, 2.75) is 32.6 Å². The van der Waals surface area contributed by atoms with Crippen LogP contribution in [0.15, 0.2) is 11.3 Å². The molecule has 3 rings (SSSR count). The van der Waals surface area contributed by atoms with E-state index in [0.717, 1.165) is 25.7 Å². The monoisotopic (exact) mass is 224 g/mol. The summed E-state index contributed by atoms with van der Waals surface area (Å²) in [5.74, 6) is -1.20. The Kier molecular flexibility index (Phi) is 2.99. The number of esters is 1. The van der Waals surface area contributed by atoms with E-state index in [1.165, 1.54) is 0 Å². The number of hydrogen-bond donors (Lipinski definition) is 1. The summed E-state index contributed by atoms with van der Waals surface area (Å²) in [4.78, 5) is 23.3. The first-order valence-electron chi connectivity index (χ1n) is 5.79. The molecule has 0 amide bonds. The molecule has 16 heavy (non-hydrogen) atoms. The number of carbonyl (C=O) groups excluding carboxylic acids is 2. The van der Waals surface area contributed by atoms with Crippen LogP contribution >= 0.6 is 0 Å². The van der Waals surface area contributed by atoms with E-state index in [1.54, 1.807) is 6.92 Å². The molecule has 0 aliphatic heterocycles. The molecule has 1 N–H and O–H groups in total. The molecule has 0 unspecified atom stereocenters. The van der Waals surface area contributed by atoms with E-state index >= 15 is 0 Å². The predicted octanol–water partition coefficient (Wildman–Crippen LogP) is 1.75. The Morgan fingerprint density at radius 3 is 2.38 bits per heavy atom. The Bertz CT molecular complexity index is 348. The molecule has 0 aromatic heterocycles. The normalized spacial score (nSPS) is 31.4. The van der Waals surface area contributed by atoms with Crippen molar-refractivity contribution in [1.29, 1.82) is 0 Å². The van der Waals surface area contributed by atoms with E-state index in [2.05, 4.69) is 0 Å². The third-order valence-corrected chi connectivity index (χ3v) is 3.50. The zero-order chi connectivity index (χ0) is 11.7. The number of allylic oxidation sites excluding steroid dienone is 1. The number of carbonyl (C=O) groups is 2. The summed E-state index contributed by atoms with van der Waals surface area (Å²) in [7, 11) is 0. The lowest BCUT2D eigenvalue weighted by Crippen LogP contribution is -2.36. The van der Waals surface area contributed by atoms with Crippen LogP contribution in [0.2, 0.25) is 0 Å². The number of hydrogen-bond acceptors (Lipinski definition) is 4. The summed E-state index contributed by atoms with van der Waals surface area (Å²) in [5, 5.41) is 9.75. The van der Waals surface area contributed by atoms with E-state index in [1.807, 2.05) is 0 Å².